The van der Waals surface area contributed by atoms with Gasteiger partial charge in [0, 0.05) is 16.1 Å². The van der Waals surface area contributed by atoms with Crippen LogP contribution < -0.4 is 0 Å². The summed E-state index contributed by atoms with van der Waals surface area (Å²) in [5, 5.41) is 0. The zero-order valence-corrected chi connectivity index (χ0v) is 10.2. The Labute approximate surface area is 105 Å². The van der Waals surface area contributed by atoms with Crippen molar-refractivity contribution in [2.75, 3.05) is 0 Å². The molecule has 0 bridgehead atoms. The van der Waals surface area contributed by atoms with Crippen LogP contribution >= 0.6 is 15.9 Å². The van der Waals surface area contributed by atoms with Crippen molar-refractivity contribution in [3.8, 4) is 0 Å². The Morgan fingerprint density at radius 1 is 1.06 bits per heavy atom. The first-order chi connectivity index (χ1) is 8.08. The number of hydrogen-bond acceptors (Lipinski definition) is 1. The van der Waals surface area contributed by atoms with Gasteiger partial charge in [0.1, 0.15) is 11.6 Å². The van der Waals surface area contributed by atoms with E-state index in [-0.39, 0.29) is 5.56 Å². The van der Waals surface area contributed by atoms with Gasteiger partial charge >= 0.3 is 0 Å². The second-order valence-electron chi connectivity index (χ2n) is 3.46. The molecule has 0 atom stereocenters. The zero-order chi connectivity index (χ0) is 12.4. The van der Waals surface area contributed by atoms with Crippen molar-refractivity contribution in [3.63, 3.8) is 0 Å². The largest absolute Gasteiger partial charge is 0.288 e. The summed E-state index contributed by atoms with van der Waals surface area (Å²) in [6.07, 6.45) is 0. The SMILES string of the molecule is O=C(c1cccc(Br)c1)c1ccc(F)cc1F. The van der Waals surface area contributed by atoms with Gasteiger partial charge in [0.05, 0.1) is 5.56 Å². The molecule has 2 aromatic rings. The number of hydrogen-bond donors (Lipinski definition) is 0. The average Bonchev–Trinajstić information content (AvgIpc) is 2.28. The van der Waals surface area contributed by atoms with Crippen molar-refractivity contribution in [2.45, 2.75) is 0 Å². The van der Waals surface area contributed by atoms with Crippen molar-refractivity contribution in [2.24, 2.45) is 0 Å². The molecule has 0 aromatic heterocycles. The van der Waals surface area contributed by atoms with Crippen molar-refractivity contribution in [1.29, 1.82) is 0 Å². The molecule has 0 aliphatic rings. The summed E-state index contributed by atoms with van der Waals surface area (Å²) in [4.78, 5) is 11.9. The zero-order valence-electron chi connectivity index (χ0n) is 8.58. The maximum absolute atomic E-state index is 13.4. The quantitative estimate of drug-likeness (QED) is 0.767. The summed E-state index contributed by atoms with van der Waals surface area (Å²) in [6, 6.07) is 9.52. The van der Waals surface area contributed by atoms with E-state index in [9.17, 15) is 13.6 Å². The monoisotopic (exact) mass is 296 g/mol. The molecule has 0 aliphatic heterocycles. The smallest absolute Gasteiger partial charge is 0.196 e. The van der Waals surface area contributed by atoms with E-state index in [1.165, 1.54) is 0 Å². The van der Waals surface area contributed by atoms with E-state index >= 15 is 0 Å². The van der Waals surface area contributed by atoms with Crippen molar-refractivity contribution in [1.82, 2.24) is 0 Å². The van der Waals surface area contributed by atoms with Crippen LogP contribution in [-0.2, 0) is 0 Å². The summed E-state index contributed by atoms with van der Waals surface area (Å²) in [6.45, 7) is 0. The summed E-state index contributed by atoms with van der Waals surface area (Å²) >= 11 is 3.23. The van der Waals surface area contributed by atoms with Crippen molar-refractivity contribution in [3.05, 3.63) is 69.7 Å². The van der Waals surface area contributed by atoms with Gasteiger partial charge in [-0.05, 0) is 24.3 Å². The van der Waals surface area contributed by atoms with E-state index < -0.39 is 17.4 Å². The highest BCUT2D eigenvalue weighted by atomic mass is 79.9. The van der Waals surface area contributed by atoms with Gasteiger partial charge in [-0.15, -0.1) is 0 Å². The van der Waals surface area contributed by atoms with Crippen LogP contribution in [0.2, 0.25) is 0 Å². The lowest BCUT2D eigenvalue weighted by molar-refractivity contribution is 0.103. The predicted octanol–water partition coefficient (Wildman–Crippen LogP) is 3.96. The van der Waals surface area contributed by atoms with Gasteiger partial charge < -0.3 is 0 Å². The second-order valence-corrected chi connectivity index (χ2v) is 4.38. The number of halogens is 3. The minimum atomic E-state index is -0.852. The lowest BCUT2D eigenvalue weighted by Crippen LogP contribution is -2.04. The lowest BCUT2D eigenvalue weighted by atomic mass is 10.0. The van der Waals surface area contributed by atoms with Crippen LogP contribution in [-0.4, -0.2) is 5.78 Å². The molecule has 0 aliphatic carbocycles. The van der Waals surface area contributed by atoms with Gasteiger partial charge in [-0.25, -0.2) is 8.78 Å². The Kier molecular flexibility index (Phi) is 3.33. The number of carbonyl (C=O) groups excluding carboxylic acids is 1. The fourth-order valence-corrected chi connectivity index (χ4v) is 1.86. The molecule has 0 heterocycles. The molecular formula is C13H7BrF2O. The number of benzene rings is 2. The number of rotatable bonds is 2. The van der Waals surface area contributed by atoms with Gasteiger partial charge in [-0.1, -0.05) is 28.1 Å². The predicted molar refractivity (Wildman–Crippen MR) is 63.9 cm³/mol. The molecule has 0 radical (unpaired) electrons. The van der Waals surface area contributed by atoms with Crippen molar-refractivity contribution >= 4 is 21.7 Å². The Morgan fingerprint density at radius 3 is 2.47 bits per heavy atom. The van der Waals surface area contributed by atoms with Crippen LogP contribution in [0.25, 0.3) is 0 Å². The molecule has 4 heteroatoms. The third-order valence-electron chi connectivity index (χ3n) is 2.26. The molecule has 0 spiro atoms. The normalized spacial score (nSPS) is 10.3. The Hall–Kier alpha value is -1.55. The van der Waals surface area contributed by atoms with E-state index in [2.05, 4.69) is 15.9 Å². The first-order valence-corrected chi connectivity index (χ1v) is 5.62. The third-order valence-corrected chi connectivity index (χ3v) is 2.76. The van der Waals surface area contributed by atoms with Gasteiger partial charge in [0.2, 0.25) is 0 Å². The van der Waals surface area contributed by atoms with Crippen LogP contribution in [0.1, 0.15) is 15.9 Å². The maximum atomic E-state index is 13.4. The summed E-state index contributed by atoms with van der Waals surface area (Å²) in [5.74, 6) is -2.02. The molecule has 0 saturated carbocycles. The Bertz CT molecular complexity index is 581. The minimum absolute atomic E-state index is 0.135. The summed E-state index contributed by atoms with van der Waals surface area (Å²) in [7, 11) is 0. The van der Waals surface area contributed by atoms with Crippen LogP contribution in [0.4, 0.5) is 8.78 Å². The van der Waals surface area contributed by atoms with E-state index in [4.69, 9.17) is 0 Å². The molecule has 0 N–H and O–H groups in total. The van der Waals surface area contributed by atoms with Gasteiger partial charge in [0.25, 0.3) is 0 Å². The Balaban J connectivity index is 2.44. The van der Waals surface area contributed by atoms with E-state index in [0.29, 0.717) is 11.6 Å². The lowest BCUT2D eigenvalue weighted by Gasteiger charge is -2.03. The molecular weight excluding hydrogens is 290 g/mol. The Morgan fingerprint density at radius 2 is 1.82 bits per heavy atom. The van der Waals surface area contributed by atoms with Gasteiger partial charge in [0.15, 0.2) is 5.78 Å². The molecule has 2 rings (SSSR count). The minimum Gasteiger partial charge on any atom is -0.288 e. The molecule has 86 valence electrons. The fourth-order valence-electron chi connectivity index (χ4n) is 1.46. The van der Waals surface area contributed by atoms with Crippen LogP contribution in [0.3, 0.4) is 0 Å². The highest BCUT2D eigenvalue weighted by Crippen LogP contribution is 2.18. The molecule has 1 nitrogen and oxygen atoms in total. The standard InChI is InChI=1S/C13H7BrF2O/c14-9-3-1-2-8(6-9)13(17)11-5-4-10(15)7-12(11)16/h1-7H. The number of carbonyl (C=O) groups is 1. The summed E-state index contributed by atoms with van der Waals surface area (Å²) in [5.41, 5.74) is 0.217. The second kappa shape index (κ2) is 4.75. The first kappa shape index (κ1) is 11.9. The first-order valence-electron chi connectivity index (χ1n) is 4.83. The fraction of sp³-hybridized carbons (Fsp3) is 0. The van der Waals surface area contributed by atoms with Crippen LogP contribution in [0, 0.1) is 11.6 Å². The van der Waals surface area contributed by atoms with E-state index in [1.807, 2.05) is 0 Å². The maximum Gasteiger partial charge on any atom is 0.196 e. The molecule has 0 amide bonds. The van der Waals surface area contributed by atoms with E-state index in [0.717, 1.165) is 16.6 Å². The highest BCUT2D eigenvalue weighted by Gasteiger charge is 2.14. The molecule has 17 heavy (non-hydrogen) atoms. The highest BCUT2D eigenvalue weighted by molar-refractivity contribution is 9.10. The average molecular weight is 297 g/mol. The van der Waals surface area contributed by atoms with E-state index in [1.54, 1.807) is 24.3 Å². The number of ketones is 1. The molecule has 0 fully saturated rings. The van der Waals surface area contributed by atoms with Crippen LogP contribution in [0.15, 0.2) is 46.9 Å². The van der Waals surface area contributed by atoms with Crippen molar-refractivity contribution < 1.29 is 13.6 Å². The third kappa shape index (κ3) is 2.58. The van der Waals surface area contributed by atoms with Gasteiger partial charge in [-0.2, -0.15) is 0 Å². The topological polar surface area (TPSA) is 17.1 Å². The van der Waals surface area contributed by atoms with Crippen LogP contribution in [0.5, 0.6) is 0 Å². The molecule has 0 saturated heterocycles. The molecule has 2 aromatic carbocycles. The molecule has 0 unspecified atom stereocenters. The van der Waals surface area contributed by atoms with Gasteiger partial charge in [-0.3, -0.25) is 4.79 Å². The summed E-state index contributed by atoms with van der Waals surface area (Å²) < 4.78 is 26.9.